The zero-order chi connectivity index (χ0) is 18.7. The number of nitrogens with zero attached hydrogens (tertiary/aromatic N) is 2. The third kappa shape index (κ3) is 3.94. The van der Waals surface area contributed by atoms with Gasteiger partial charge >= 0.3 is 0 Å². The van der Waals surface area contributed by atoms with Crippen LogP contribution in [0.15, 0.2) is 42.5 Å². The number of aryl methyl sites for hydroxylation is 2. The van der Waals surface area contributed by atoms with Crippen molar-refractivity contribution in [3.63, 3.8) is 0 Å². The van der Waals surface area contributed by atoms with E-state index >= 15 is 0 Å². The van der Waals surface area contributed by atoms with Crippen LogP contribution in [0.1, 0.15) is 31.8 Å². The smallest absolute Gasteiger partial charge is 0.255 e. The third-order valence-electron chi connectivity index (χ3n) is 4.88. The van der Waals surface area contributed by atoms with Gasteiger partial charge in [0.15, 0.2) is 0 Å². The number of anilines is 1. The summed E-state index contributed by atoms with van der Waals surface area (Å²) in [6.45, 7) is 7.12. The van der Waals surface area contributed by atoms with Gasteiger partial charge in [-0.1, -0.05) is 24.3 Å². The molecular weight excluding hydrogens is 326 g/mol. The van der Waals surface area contributed by atoms with Crippen molar-refractivity contribution < 1.29 is 9.59 Å². The highest BCUT2D eigenvalue weighted by molar-refractivity contribution is 6.06. The standard InChI is InChI=1S/C21H25N3O2/c1-15-6-4-7-16(2)19(15)22-20(25)17-8-5-9-18(14-17)21(26)24-12-10-23(3)11-13-24/h4-9,14H,10-13H2,1-3H3,(H,22,25). The summed E-state index contributed by atoms with van der Waals surface area (Å²) in [5, 5.41) is 2.98. The number of piperazine rings is 1. The molecule has 2 aromatic rings. The van der Waals surface area contributed by atoms with E-state index in [1.165, 1.54) is 0 Å². The molecule has 3 rings (SSSR count). The van der Waals surface area contributed by atoms with E-state index in [2.05, 4.69) is 17.3 Å². The Labute approximate surface area is 154 Å². The molecule has 0 saturated carbocycles. The first kappa shape index (κ1) is 18.1. The molecule has 5 nitrogen and oxygen atoms in total. The molecule has 0 unspecified atom stereocenters. The molecule has 0 aromatic heterocycles. The van der Waals surface area contributed by atoms with Crippen molar-refractivity contribution in [2.45, 2.75) is 13.8 Å². The number of hydrogen-bond acceptors (Lipinski definition) is 3. The second-order valence-corrected chi connectivity index (χ2v) is 6.90. The van der Waals surface area contributed by atoms with Gasteiger partial charge in [0.1, 0.15) is 0 Å². The molecule has 136 valence electrons. The summed E-state index contributed by atoms with van der Waals surface area (Å²) >= 11 is 0. The Morgan fingerprint density at radius 3 is 2.12 bits per heavy atom. The van der Waals surface area contributed by atoms with Crippen LogP contribution in [0, 0.1) is 13.8 Å². The third-order valence-corrected chi connectivity index (χ3v) is 4.88. The van der Waals surface area contributed by atoms with Gasteiger partial charge in [0.05, 0.1) is 0 Å². The number of carbonyl (C=O) groups is 2. The van der Waals surface area contributed by atoms with Crippen LogP contribution in [0.25, 0.3) is 0 Å². The Morgan fingerprint density at radius 2 is 1.46 bits per heavy atom. The predicted octanol–water partition coefficient (Wildman–Crippen LogP) is 2.94. The number of likely N-dealkylation sites (N-methyl/N-ethyl adjacent to an activating group) is 1. The van der Waals surface area contributed by atoms with Crippen molar-refractivity contribution in [1.82, 2.24) is 9.80 Å². The van der Waals surface area contributed by atoms with Crippen LogP contribution in [0.2, 0.25) is 0 Å². The summed E-state index contributed by atoms with van der Waals surface area (Å²) in [5.41, 5.74) is 3.91. The van der Waals surface area contributed by atoms with Gasteiger partial charge in [-0.3, -0.25) is 9.59 Å². The van der Waals surface area contributed by atoms with Gasteiger partial charge in [-0.25, -0.2) is 0 Å². The minimum Gasteiger partial charge on any atom is -0.336 e. The van der Waals surface area contributed by atoms with Crippen LogP contribution in [0.5, 0.6) is 0 Å². The lowest BCUT2D eigenvalue weighted by Crippen LogP contribution is -2.47. The molecule has 1 heterocycles. The summed E-state index contributed by atoms with van der Waals surface area (Å²) in [6, 6.07) is 12.9. The summed E-state index contributed by atoms with van der Waals surface area (Å²) in [6.07, 6.45) is 0. The molecule has 26 heavy (non-hydrogen) atoms. The van der Waals surface area contributed by atoms with Crippen molar-refractivity contribution in [1.29, 1.82) is 0 Å². The molecule has 1 N–H and O–H groups in total. The van der Waals surface area contributed by atoms with Crippen LogP contribution >= 0.6 is 0 Å². The largest absolute Gasteiger partial charge is 0.336 e. The summed E-state index contributed by atoms with van der Waals surface area (Å²) in [5.74, 6) is -0.213. The molecule has 2 aromatic carbocycles. The van der Waals surface area contributed by atoms with Crippen LogP contribution in [0.3, 0.4) is 0 Å². The van der Waals surface area contributed by atoms with Crippen molar-refractivity contribution in [2.24, 2.45) is 0 Å². The first-order chi connectivity index (χ1) is 12.5. The predicted molar refractivity (Wildman–Crippen MR) is 104 cm³/mol. The van der Waals surface area contributed by atoms with E-state index in [-0.39, 0.29) is 11.8 Å². The molecule has 0 spiro atoms. The molecule has 0 bridgehead atoms. The average molecular weight is 351 g/mol. The van der Waals surface area contributed by atoms with Crippen LogP contribution in [-0.4, -0.2) is 54.8 Å². The van der Waals surface area contributed by atoms with E-state index in [1.54, 1.807) is 24.3 Å². The van der Waals surface area contributed by atoms with E-state index in [4.69, 9.17) is 0 Å². The average Bonchev–Trinajstić information content (AvgIpc) is 2.65. The Kier molecular flexibility index (Phi) is 5.38. The molecule has 1 fully saturated rings. The van der Waals surface area contributed by atoms with E-state index in [9.17, 15) is 9.59 Å². The summed E-state index contributed by atoms with van der Waals surface area (Å²) in [4.78, 5) is 29.4. The number of amides is 2. The van der Waals surface area contributed by atoms with Gasteiger partial charge in [-0.15, -0.1) is 0 Å². The number of benzene rings is 2. The Morgan fingerprint density at radius 1 is 0.885 bits per heavy atom. The molecule has 1 aliphatic rings. The number of hydrogen-bond donors (Lipinski definition) is 1. The fourth-order valence-corrected chi connectivity index (χ4v) is 3.18. The highest BCUT2D eigenvalue weighted by Gasteiger charge is 2.21. The van der Waals surface area contributed by atoms with E-state index < -0.39 is 0 Å². The Bertz CT molecular complexity index is 804. The molecular formula is C21H25N3O2. The number of nitrogens with one attached hydrogen (secondary N) is 1. The first-order valence-electron chi connectivity index (χ1n) is 8.91. The highest BCUT2D eigenvalue weighted by atomic mass is 16.2. The number of para-hydroxylation sites is 1. The van der Waals surface area contributed by atoms with Gasteiger partial charge in [-0.05, 0) is 50.2 Å². The van der Waals surface area contributed by atoms with E-state index in [0.29, 0.717) is 24.2 Å². The van der Waals surface area contributed by atoms with Crippen LogP contribution in [0.4, 0.5) is 5.69 Å². The second kappa shape index (κ2) is 7.70. The maximum atomic E-state index is 12.7. The van der Waals surface area contributed by atoms with E-state index in [1.807, 2.05) is 36.9 Å². The van der Waals surface area contributed by atoms with Crippen LogP contribution < -0.4 is 5.32 Å². The number of rotatable bonds is 3. The van der Waals surface area contributed by atoms with Crippen LogP contribution in [-0.2, 0) is 0 Å². The molecule has 0 atom stereocenters. The zero-order valence-electron chi connectivity index (χ0n) is 15.6. The SMILES string of the molecule is Cc1cccc(C)c1NC(=O)c1cccc(C(=O)N2CCN(C)CC2)c1. The monoisotopic (exact) mass is 351 g/mol. The topological polar surface area (TPSA) is 52.7 Å². The highest BCUT2D eigenvalue weighted by Crippen LogP contribution is 2.20. The fourth-order valence-electron chi connectivity index (χ4n) is 3.18. The van der Waals surface area contributed by atoms with Crippen molar-refractivity contribution in [3.8, 4) is 0 Å². The zero-order valence-corrected chi connectivity index (χ0v) is 15.6. The minimum atomic E-state index is -0.199. The van der Waals surface area contributed by atoms with Gasteiger partial charge in [0.2, 0.25) is 0 Å². The lowest BCUT2D eigenvalue weighted by molar-refractivity contribution is 0.0664. The Hall–Kier alpha value is -2.66. The van der Waals surface area contributed by atoms with Gasteiger partial charge in [0, 0.05) is 43.0 Å². The fraction of sp³-hybridized carbons (Fsp3) is 0.333. The van der Waals surface area contributed by atoms with Gasteiger partial charge in [-0.2, -0.15) is 0 Å². The number of carbonyl (C=O) groups excluding carboxylic acids is 2. The molecule has 2 amide bonds. The van der Waals surface area contributed by atoms with Gasteiger partial charge in [0.25, 0.3) is 11.8 Å². The van der Waals surface area contributed by atoms with Crippen molar-refractivity contribution in [3.05, 3.63) is 64.7 Å². The summed E-state index contributed by atoms with van der Waals surface area (Å²) < 4.78 is 0. The molecule has 0 radical (unpaired) electrons. The molecule has 1 saturated heterocycles. The molecule has 5 heteroatoms. The van der Waals surface area contributed by atoms with Gasteiger partial charge < -0.3 is 15.1 Å². The lowest BCUT2D eigenvalue weighted by atomic mass is 10.1. The maximum Gasteiger partial charge on any atom is 0.255 e. The minimum absolute atomic E-state index is 0.0141. The van der Waals surface area contributed by atoms with Crippen molar-refractivity contribution >= 4 is 17.5 Å². The quantitative estimate of drug-likeness (QED) is 0.925. The lowest BCUT2D eigenvalue weighted by Gasteiger charge is -2.32. The first-order valence-corrected chi connectivity index (χ1v) is 8.91. The maximum absolute atomic E-state index is 12.7. The van der Waals surface area contributed by atoms with Crippen molar-refractivity contribution in [2.75, 3.05) is 38.5 Å². The normalized spacial score (nSPS) is 15.0. The molecule has 1 aliphatic heterocycles. The molecule has 0 aliphatic carbocycles. The Balaban J connectivity index is 1.76. The van der Waals surface area contributed by atoms with E-state index in [0.717, 1.165) is 29.9 Å². The second-order valence-electron chi connectivity index (χ2n) is 6.90. The summed E-state index contributed by atoms with van der Waals surface area (Å²) in [7, 11) is 2.06.